The van der Waals surface area contributed by atoms with Gasteiger partial charge in [-0.1, -0.05) is 13.8 Å². The number of hydrogen-bond acceptors (Lipinski definition) is 3. The third kappa shape index (κ3) is 3.42. The number of ether oxygens (including phenoxy) is 1. The average Bonchev–Trinajstić information content (AvgIpc) is 2.72. The summed E-state index contributed by atoms with van der Waals surface area (Å²) in [4.78, 5) is 11.5. The zero-order chi connectivity index (χ0) is 13.5. The Bertz CT molecular complexity index is 312. The second kappa shape index (κ2) is 4.25. The number of hydrogen-bond donors (Lipinski definition) is 2. The zero-order valence-electron chi connectivity index (χ0n) is 11.8. The van der Waals surface area contributed by atoms with Crippen LogP contribution in [0.1, 0.15) is 47.5 Å². The first-order valence-electron chi connectivity index (χ1n) is 6.09. The second-order valence-corrected chi connectivity index (χ2v) is 6.67. The van der Waals surface area contributed by atoms with E-state index < -0.39 is 17.1 Å². The lowest BCUT2D eigenvalue weighted by Gasteiger charge is -2.35. The molecule has 2 atom stereocenters. The molecule has 1 saturated carbocycles. The quantitative estimate of drug-likeness (QED) is 0.749. The Morgan fingerprint density at radius 1 is 1.47 bits per heavy atom. The minimum Gasteiger partial charge on any atom is -0.480 e. The molecule has 17 heavy (non-hydrogen) atoms. The van der Waals surface area contributed by atoms with Gasteiger partial charge in [0.15, 0.2) is 0 Å². The molecule has 1 aliphatic carbocycles. The third-order valence-corrected chi connectivity index (χ3v) is 3.81. The van der Waals surface area contributed by atoms with Crippen molar-refractivity contribution in [3.63, 3.8) is 0 Å². The SMILES string of the molecule is COC(C)(C)CC(C)(NC1CC1(C)C)C(=O)O. The maximum atomic E-state index is 11.5. The van der Waals surface area contributed by atoms with Crippen LogP contribution >= 0.6 is 0 Å². The maximum Gasteiger partial charge on any atom is 0.323 e. The summed E-state index contributed by atoms with van der Waals surface area (Å²) in [5, 5.41) is 12.7. The van der Waals surface area contributed by atoms with Gasteiger partial charge in [0.05, 0.1) is 5.60 Å². The highest BCUT2D eigenvalue weighted by Gasteiger charge is 2.51. The van der Waals surface area contributed by atoms with Crippen LogP contribution in [0.15, 0.2) is 0 Å². The van der Waals surface area contributed by atoms with Crippen molar-refractivity contribution in [2.24, 2.45) is 5.41 Å². The summed E-state index contributed by atoms with van der Waals surface area (Å²) in [5.41, 5.74) is -1.16. The van der Waals surface area contributed by atoms with Crippen LogP contribution in [0.4, 0.5) is 0 Å². The van der Waals surface area contributed by atoms with Crippen molar-refractivity contribution in [2.45, 2.75) is 64.6 Å². The number of carboxylic acids is 1. The van der Waals surface area contributed by atoms with E-state index in [4.69, 9.17) is 4.74 Å². The highest BCUT2D eigenvalue weighted by molar-refractivity contribution is 5.78. The fourth-order valence-corrected chi connectivity index (χ4v) is 2.21. The standard InChI is InChI=1S/C13H25NO3/c1-11(2)7-9(11)14-13(5,10(15)16)8-12(3,4)17-6/h9,14H,7-8H2,1-6H3,(H,15,16). The second-order valence-electron chi connectivity index (χ2n) is 6.67. The van der Waals surface area contributed by atoms with E-state index >= 15 is 0 Å². The lowest BCUT2D eigenvalue weighted by atomic mass is 9.87. The van der Waals surface area contributed by atoms with Crippen LogP contribution in [0.25, 0.3) is 0 Å². The van der Waals surface area contributed by atoms with Gasteiger partial charge in [-0.25, -0.2) is 0 Å². The van der Waals surface area contributed by atoms with E-state index in [9.17, 15) is 9.90 Å². The molecule has 0 amide bonds. The number of carbonyl (C=O) groups is 1. The number of carboxylic acid groups (broad SMARTS) is 1. The molecule has 1 aliphatic rings. The maximum absolute atomic E-state index is 11.5. The normalized spacial score (nSPS) is 26.4. The molecular formula is C13H25NO3. The Morgan fingerprint density at radius 2 is 1.94 bits per heavy atom. The van der Waals surface area contributed by atoms with E-state index in [1.54, 1.807) is 14.0 Å². The first-order chi connectivity index (χ1) is 7.52. The topological polar surface area (TPSA) is 58.6 Å². The van der Waals surface area contributed by atoms with E-state index in [2.05, 4.69) is 19.2 Å². The fourth-order valence-electron chi connectivity index (χ4n) is 2.21. The zero-order valence-corrected chi connectivity index (χ0v) is 11.8. The molecule has 100 valence electrons. The molecule has 0 aromatic rings. The van der Waals surface area contributed by atoms with Crippen LogP contribution in [0, 0.1) is 5.41 Å². The number of methoxy groups -OCH3 is 1. The third-order valence-electron chi connectivity index (χ3n) is 3.81. The van der Waals surface area contributed by atoms with Crippen molar-refractivity contribution in [3.8, 4) is 0 Å². The Hall–Kier alpha value is -0.610. The number of aliphatic carboxylic acids is 1. The molecular weight excluding hydrogens is 218 g/mol. The summed E-state index contributed by atoms with van der Waals surface area (Å²) >= 11 is 0. The van der Waals surface area contributed by atoms with Gasteiger partial charge in [0, 0.05) is 19.6 Å². The van der Waals surface area contributed by atoms with Crippen LogP contribution in [0.3, 0.4) is 0 Å². The lowest BCUT2D eigenvalue weighted by Crippen LogP contribution is -2.55. The summed E-state index contributed by atoms with van der Waals surface area (Å²) in [6.45, 7) is 9.86. The summed E-state index contributed by atoms with van der Waals surface area (Å²) in [6.07, 6.45) is 1.47. The van der Waals surface area contributed by atoms with E-state index in [0.717, 1.165) is 6.42 Å². The molecule has 0 radical (unpaired) electrons. The molecule has 0 aromatic heterocycles. The molecule has 2 unspecified atom stereocenters. The summed E-state index contributed by atoms with van der Waals surface area (Å²) in [6, 6.07) is 0.288. The van der Waals surface area contributed by atoms with E-state index in [1.165, 1.54) is 0 Å². The van der Waals surface area contributed by atoms with Gasteiger partial charge >= 0.3 is 5.97 Å². The van der Waals surface area contributed by atoms with Crippen LogP contribution in [-0.4, -0.2) is 35.4 Å². The molecule has 0 heterocycles. The van der Waals surface area contributed by atoms with Gasteiger partial charge in [0.1, 0.15) is 5.54 Å². The van der Waals surface area contributed by atoms with E-state index in [1.807, 2.05) is 13.8 Å². The van der Waals surface area contributed by atoms with Gasteiger partial charge < -0.3 is 9.84 Å². The molecule has 1 fully saturated rings. The predicted octanol–water partition coefficient (Wildman–Crippen LogP) is 2.03. The first-order valence-corrected chi connectivity index (χ1v) is 6.09. The van der Waals surface area contributed by atoms with Crippen molar-refractivity contribution in [3.05, 3.63) is 0 Å². The van der Waals surface area contributed by atoms with Gasteiger partial charge in [-0.15, -0.1) is 0 Å². The molecule has 0 bridgehead atoms. The lowest BCUT2D eigenvalue weighted by molar-refractivity contribution is -0.147. The van der Waals surface area contributed by atoms with Gasteiger partial charge in [0.2, 0.25) is 0 Å². The van der Waals surface area contributed by atoms with Crippen molar-refractivity contribution < 1.29 is 14.6 Å². The predicted molar refractivity (Wildman–Crippen MR) is 67.1 cm³/mol. The fraction of sp³-hybridized carbons (Fsp3) is 0.923. The van der Waals surface area contributed by atoms with Crippen LogP contribution < -0.4 is 5.32 Å². The molecule has 0 aromatic carbocycles. The van der Waals surface area contributed by atoms with Gasteiger partial charge in [-0.2, -0.15) is 0 Å². The Kier molecular flexibility index (Phi) is 3.61. The highest BCUT2D eigenvalue weighted by Crippen LogP contribution is 2.46. The van der Waals surface area contributed by atoms with Gasteiger partial charge in [0.25, 0.3) is 0 Å². The Balaban J connectivity index is 2.73. The molecule has 4 nitrogen and oxygen atoms in total. The minimum atomic E-state index is -0.933. The number of rotatable bonds is 6. The average molecular weight is 243 g/mol. The number of nitrogens with one attached hydrogen (secondary N) is 1. The van der Waals surface area contributed by atoms with Gasteiger partial charge in [-0.05, 0) is 32.6 Å². The van der Waals surface area contributed by atoms with Crippen molar-refractivity contribution >= 4 is 5.97 Å². The molecule has 0 spiro atoms. The highest BCUT2D eigenvalue weighted by atomic mass is 16.5. The van der Waals surface area contributed by atoms with Crippen molar-refractivity contribution in [1.82, 2.24) is 5.32 Å². The summed E-state index contributed by atoms with van der Waals surface area (Å²) in [7, 11) is 1.61. The molecule has 0 saturated heterocycles. The summed E-state index contributed by atoms with van der Waals surface area (Å²) < 4.78 is 5.33. The summed E-state index contributed by atoms with van der Waals surface area (Å²) in [5.74, 6) is -0.815. The van der Waals surface area contributed by atoms with Crippen molar-refractivity contribution in [1.29, 1.82) is 0 Å². The molecule has 4 heteroatoms. The Labute approximate surface area is 104 Å². The minimum absolute atomic E-state index is 0.216. The van der Waals surface area contributed by atoms with Gasteiger partial charge in [-0.3, -0.25) is 10.1 Å². The molecule has 1 rings (SSSR count). The largest absolute Gasteiger partial charge is 0.480 e. The molecule has 2 N–H and O–H groups in total. The monoisotopic (exact) mass is 243 g/mol. The Morgan fingerprint density at radius 3 is 2.24 bits per heavy atom. The van der Waals surface area contributed by atoms with E-state index in [-0.39, 0.29) is 11.5 Å². The van der Waals surface area contributed by atoms with Crippen LogP contribution in [0.2, 0.25) is 0 Å². The van der Waals surface area contributed by atoms with Crippen LogP contribution in [-0.2, 0) is 9.53 Å². The van der Waals surface area contributed by atoms with Crippen molar-refractivity contribution in [2.75, 3.05) is 7.11 Å². The van der Waals surface area contributed by atoms with E-state index in [0.29, 0.717) is 6.42 Å². The van der Waals surface area contributed by atoms with Crippen LogP contribution in [0.5, 0.6) is 0 Å². The molecule has 0 aliphatic heterocycles. The first kappa shape index (κ1) is 14.5. The smallest absolute Gasteiger partial charge is 0.323 e.